The van der Waals surface area contributed by atoms with Gasteiger partial charge in [-0.25, -0.2) is 0 Å². The topological polar surface area (TPSA) is 53.0 Å². The van der Waals surface area contributed by atoms with Crippen molar-refractivity contribution in [3.8, 4) is 6.07 Å². The number of halogens is 1. The van der Waals surface area contributed by atoms with Crippen molar-refractivity contribution in [1.29, 1.82) is 5.26 Å². The summed E-state index contributed by atoms with van der Waals surface area (Å²) in [6.45, 7) is 1.90. The summed E-state index contributed by atoms with van der Waals surface area (Å²) in [6.07, 6.45) is 3.08. The van der Waals surface area contributed by atoms with E-state index in [1.54, 1.807) is 6.07 Å². The zero-order valence-electron chi connectivity index (χ0n) is 9.70. The van der Waals surface area contributed by atoms with Gasteiger partial charge in [-0.3, -0.25) is 0 Å². The first kappa shape index (κ1) is 12.0. The Morgan fingerprint density at radius 1 is 1.47 bits per heavy atom. The molecule has 1 aromatic carbocycles. The molecule has 1 heterocycles. The molecule has 0 unspecified atom stereocenters. The molecule has 1 aliphatic rings. The predicted molar refractivity (Wildman–Crippen MR) is 70.7 cm³/mol. The van der Waals surface area contributed by atoms with Crippen LogP contribution in [0, 0.1) is 11.3 Å². The van der Waals surface area contributed by atoms with Crippen molar-refractivity contribution in [2.24, 2.45) is 0 Å². The third kappa shape index (κ3) is 2.44. The molecule has 88 valence electrons. The second-order valence-corrected chi connectivity index (χ2v) is 4.66. The van der Waals surface area contributed by atoms with Crippen LogP contribution in [0.5, 0.6) is 0 Å². The third-order valence-corrected chi connectivity index (χ3v) is 3.41. The Bertz CT molecular complexity index is 514. The predicted octanol–water partition coefficient (Wildman–Crippen LogP) is 2.51. The average molecular weight is 248 g/mol. The van der Waals surface area contributed by atoms with Gasteiger partial charge in [0.1, 0.15) is 0 Å². The van der Waals surface area contributed by atoms with Crippen LogP contribution in [0.3, 0.4) is 0 Å². The second kappa shape index (κ2) is 4.79. The maximum atomic E-state index is 8.94. The first-order valence-corrected chi connectivity index (χ1v) is 5.86. The largest absolute Gasteiger partial charge is 0.397 e. The molecule has 0 aliphatic carbocycles. The van der Waals surface area contributed by atoms with Gasteiger partial charge in [-0.2, -0.15) is 5.26 Å². The summed E-state index contributed by atoms with van der Waals surface area (Å²) in [6, 6.07) is 5.53. The first-order chi connectivity index (χ1) is 8.11. The van der Waals surface area contributed by atoms with E-state index >= 15 is 0 Å². The van der Waals surface area contributed by atoms with Crippen molar-refractivity contribution in [2.45, 2.75) is 6.42 Å². The highest BCUT2D eigenvalue weighted by atomic mass is 35.5. The van der Waals surface area contributed by atoms with Crippen molar-refractivity contribution in [1.82, 2.24) is 4.90 Å². The van der Waals surface area contributed by atoms with E-state index in [4.69, 9.17) is 22.6 Å². The van der Waals surface area contributed by atoms with Gasteiger partial charge in [-0.15, -0.1) is 0 Å². The molecule has 1 aliphatic heterocycles. The smallest absolute Gasteiger partial charge is 0.0992 e. The summed E-state index contributed by atoms with van der Waals surface area (Å²) in [7, 11) is 2.08. The van der Waals surface area contributed by atoms with Crippen LogP contribution < -0.4 is 5.73 Å². The molecule has 1 aromatic rings. The van der Waals surface area contributed by atoms with Gasteiger partial charge in [0, 0.05) is 13.1 Å². The van der Waals surface area contributed by atoms with Crippen LogP contribution in [0.25, 0.3) is 5.57 Å². The number of nitrogens with zero attached hydrogens (tertiary/aromatic N) is 2. The summed E-state index contributed by atoms with van der Waals surface area (Å²) in [4.78, 5) is 2.23. The molecule has 0 amide bonds. The molecule has 0 saturated carbocycles. The van der Waals surface area contributed by atoms with Crippen LogP contribution >= 0.6 is 11.6 Å². The molecular formula is C13H14ClN3. The molecule has 0 aromatic heterocycles. The first-order valence-electron chi connectivity index (χ1n) is 5.49. The molecule has 2 N–H and O–H groups in total. The number of hydrogen-bond acceptors (Lipinski definition) is 3. The quantitative estimate of drug-likeness (QED) is 0.776. The Labute approximate surface area is 106 Å². The van der Waals surface area contributed by atoms with Gasteiger partial charge in [-0.05, 0) is 36.7 Å². The van der Waals surface area contributed by atoms with Gasteiger partial charge in [0.25, 0.3) is 0 Å². The molecule has 0 saturated heterocycles. The molecule has 2 rings (SSSR count). The van der Waals surface area contributed by atoms with E-state index in [0.717, 1.165) is 25.1 Å². The molecule has 0 bridgehead atoms. The standard InChI is InChI=1S/C13H14ClN3/c1-17-4-2-10(3-5-17)11-6-9(8-15)7-12(16)13(11)14/h2,6-7H,3-5,16H2,1H3. The number of hydrogen-bond donors (Lipinski definition) is 1. The monoisotopic (exact) mass is 247 g/mol. The Morgan fingerprint density at radius 3 is 2.82 bits per heavy atom. The Hall–Kier alpha value is -1.50. The third-order valence-electron chi connectivity index (χ3n) is 2.99. The van der Waals surface area contributed by atoms with E-state index < -0.39 is 0 Å². The van der Waals surface area contributed by atoms with Gasteiger partial charge in [0.2, 0.25) is 0 Å². The molecule has 17 heavy (non-hydrogen) atoms. The number of likely N-dealkylation sites (N-methyl/N-ethyl adjacent to an activating group) is 1. The van der Waals surface area contributed by atoms with Crippen LogP contribution in [0.4, 0.5) is 5.69 Å². The van der Waals surface area contributed by atoms with Crippen LogP contribution in [0.1, 0.15) is 17.5 Å². The fraction of sp³-hybridized carbons (Fsp3) is 0.308. The van der Waals surface area contributed by atoms with E-state index in [0.29, 0.717) is 16.3 Å². The molecule has 0 radical (unpaired) electrons. The summed E-state index contributed by atoms with van der Waals surface area (Å²) in [5.41, 5.74) is 8.92. The lowest BCUT2D eigenvalue weighted by Gasteiger charge is -2.23. The number of nitrogen functional groups attached to an aromatic ring is 1. The minimum atomic E-state index is 0.473. The fourth-order valence-electron chi connectivity index (χ4n) is 1.96. The highest BCUT2D eigenvalue weighted by Crippen LogP contribution is 2.33. The Balaban J connectivity index is 2.45. The van der Waals surface area contributed by atoms with Gasteiger partial charge in [0.05, 0.1) is 22.3 Å². The molecule has 4 heteroatoms. The van der Waals surface area contributed by atoms with Crippen molar-refractivity contribution < 1.29 is 0 Å². The van der Waals surface area contributed by atoms with Crippen molar-refractivity contribution in [3.63, 3.8) is 0 Å². The van der Waals surface area contributed by atoms with Gasteiger partial charge >= 0.3 is 0 Å². The van der Waals surface area contributed by atoms with Gasteiger partial charge in [-0.1, -0.05) is 17.7 Å². The maximum Gasteiger partial charge on any atom is 0.0992 e. The minimum Gasteiger partial charge on any atom is -0.397 e. The SMILES string of the molecule is CN1CC=C(c2cc(C#N)cc(N)c2Cl)CC1. The lowest BCUT2D eigenvalue weighted by Crippen LogP contribution is -2.23. The fourth-order valence-corrected chi connectivity index (χ4v) is 2.19. The molecular weight excluding hydrogens is 234 g/mol. The Morgan fingerprint density at radius 2 is 2.24 bits per heavy atom. The normalized spacial score (nSPS) is 16.4. The molecule has 3 nitrogen and oxygen atoms in total. The molecule has 0 fully saturated rings. The van der Waals surface area contributed by atoms with E-state index in [1.165, 1.54) is 5.57 Å². The number of nitrogens with two attached hydrogens (primary N) is 1. The number of nitriles is 1. The number of anilines is 1. The minimum absolute atomic E-state index is 0.473. The highest BCUT2D eigenvalue weighted by molar-refractivity contribution is 6.34. The summed E-state index contributed by atoms with van der Waals surface area (Å²) in [5, 5.41) is 9.50. The van der Waals surface area contributed by atoms with Crippen molar-refractivity contribution in [2.75, 3.05) is 25.9 Å². The van der Waals surface area contributed by atoms with E-state index in [-0.39, 0.29) is 0 Å². The zero-order valence-corrected chi connectivity index (χ0v) is 10.5. The van der Waals surface area contributed by atoms with Crippen molar-refractivity contribution >= 4 is 22.9 Å². The Kier molecular flexibility index (Phi) is 3.37. The van der Waals surface area contributed by atoms with E-state index in [1.807, 2.05) is 6.07 Å². The number of benzene rings is 1. The second-order valence-electron chi connectivity index (χ2n) is 4.28. The number of rotatable bonds is 1. The summed E-state index contributed by atoms with van der Waals surface area (Å²) >= 11 is 6.20. The molecule has 0 atom stereocenters. The van der Waals surface area contributed by atoms with E-state index in [2.05, 4.69) is 24.1 Å². The van der Waals surface area contributed by atoms with Crippen LogP contribution in [0.15, 0.2) is 18.2 Å². The lowest BCUT2D eigenvalue weighted by atomic mass is 9.97. The van der Waals surface area contributed by atoms with Gasteiger partial charge < -0.3 is 10.6 Å². The maximum absolute atomic E-state index is 8.94. The van der Waals surface area contributed by atoms with Crippen molar-refractivity contribution in [3.05, 3.63) is 34.4 Å². The molecule has 0 spiro atoms. The summed E-state index contributed by atoms with van der Waals surface area (Å²) in [5.74, 6) is 0. The van der Waals surface area contributed by atoms with Crippen LogP contribution in [-0.2, 0) is 0 Å². The average Bonchev–Trinajstić information content (AvgIpc) is 2.34. The van der Waals surface area contributed by atoms with Crippen LogP contribution in [0.2, 0.25) is 5.02 Å². The highest BCUT2D eigenvalue weighted by Gasteiger charge is 2.14. The van der Waals surface area contributed by atoms with Gasteiger partial charge in [0.15, 0.2) is 0 Å². The lowest BCUT2D eigenvalue weighted by molar-refractivity contribution is 0.370. The zero-order chi connectivity index (χ0) is 12.4. The summed E-state index contributed by atoms with van der Waals surface area (Å²) < 4.78 is 0. The van der Waals surface area contributed by atoms with E-state index in [9.17, 15) is 0 Å². The van der Waals surface area contributed by atoms with Crippen LogP contribution in [-0.4, -0.2) is 25.0 Å².